The minimum atomic E-state index is -1.28. The minimum Gasteiger partial charge on any atom is -0.381 e. The van der Waals surface area contributed by atoms with Crippen molar-refractivity contribution in [3.8, 4) is 0 Å². The Bertz CT molecular complexity index is 445. The third-order valence-electron chi connectivity index (χ3n) is 3.25. The molecule has 1 aliphatic heterocycles. The van der Waals surface area contributed by atoms with Crippen molar-refractivity contribution in [3.63, 3.8) is 0 Å². The Labute approximate surface area is 117 Å². The van der Waals surface area contributed by atoms with Crippen molar-refractivity contribution in [2.24, 2.45) is 0 Å². The van der Waals surface area contributed by atoms with E-state index in [9.17, 15) is 9.90 Å². The number of amides is 1. The van der Waals surface area contributed by atoms with Gasteiger partial charge < -0.3 is 14.9 Å². The number of nitrogens with zero attached hydrogens (tertiary/aromatic N) is 3. The van der Waals surface area contributed by atoms with Crippen LogP contribution in [0.15, 0.2) is 6.20 Å². The normalized spacial score (nSPS) is 16.8. The van der Waals surface area contributed by atoms with Crippen LogP contribution in [0.2, 0.25) is 0 Å². The van der Waals surface area contributed by atoms with E-state index in [1.807, 2.05) is 6.20 Å². The number of aromatic nitrogens is 1. The maximum absolute atomic E-state index is 12.0. The molecule has 0 atom stereocenters. The number of aliphatic hydroxyl groups is 1. The van der Waals surface area contributed by atoms with Crippen LogP contribution in [-0.2, 0) is 11.2 Å². The molecular formula is C13H21N3O2S. The average molecular weight is 283 g/mol. The third-order valence-corrected chi connectivity index (χ3v) is 4.45. The number of thiazole rings is 1. The highest BCUT2D eigenvalue weighted by Crippen LogP contribution is 2.24. The second-order valence-corrected chi connectivity index (χ2v) is 6.39. The Kier molecular flexibility index (Phi) is 4.10. The number of carbonyl (C=O) groups is 1. The van der Waals surface area contributed by atoms with Crippen molar-refractivity contribution >= 4 is 22.4 Å². The van der Waals surface area contributed by atoms with Crippen LogP contribution >= 0.6 is 11.3 Å². The first-order chi connectivity index (χ1) is 8.91. The highest BCUT2D eigenvalue weighted by molar-refractivity contribution is 7.15. The van der Waals surface area contributed by atoms with E-state index in [2.05, 4.69) is 16.8 Å². The fourth-order valence-electron chi connectivity index (χ4n) is 2.09. The van der Waals surface area contributed by atoms with Gasteiger partial charge in [-0.2, -0.15) is 0 Å². The van der Waals surface area contributed by atoms with Gasteiger partial charge in [0.05, 0.1) is 0 Å². The van der Waals surface area contributed by atoms with Gasteiger partial charge in [0.25, 0.3) is 5.91 Å². The molecule has 2 heterocycles. The topological polar surface area (TPSA) is 56.7 Å². The Morgan fingerprint density at radius 1 is 1.42 bits per heavy atom. The van der Waals surface area contributed by atoms with Gasteiger partial charge in [0.15, 0.2) is 5.13 Å². The predicted molar refractivity (Wildman–Crippen MR) is 76.6 cm³/mol. The van der Waals surface area contributed by atoms with Crippen LogP contribution in [0.5, 0.6) is 0 Å². The first-order valence-corrected chi connectivity index (χ1v) is 7.45. The van der Waals surface area contributed by atoms with E-state index in [1.54, 1.807) is 16.2 Å². The summed E-state index contributed by atoms with van der Waals surface area (Å²) in [6.45, 7) is 8.04. The molecular weight excluding hydrogens is 262 g/mol. The molecule has 0 aliphatic carbocycles. The molecule has 5 nitrogen and oxygen atoms in total. The number of anilines is 1. The zero-order valence-corrected chi connectivity index (χ0v) is 12.5. The zero-order chi connectivity index (χ0) is 14.0. The Morgan fingerprint density at radius 3 is 2.53 bits per heavy atom. The Balaban J connectivity index is 1.94. The summed E-state index contributed by atoms with van der Waals surface area (Å²) in [6.07, 6.45) is 2.93. The number of hydrogen-bond acceptors (Lipinski definition) is 5. The van der Waals surface area contributed by atoms with Crippen molar-refractivity contribution in [1.29, 1.82) is 0 Å². The molecule has 0 radical (unpaired) electrons. The smallest absolute Gasteiger partial charge is 0.254 e. The molecule has 1 aromatic heterocycles. The van der Waals surface area contributed by atoms with Crippen molar-refractivity contribution in [2.45, 2.75) is 32.8 Å². The van der Waals surface area contributed by atoms with Crippen LogP contribution in [0.4, 0.5) is 5.13 Å². The molecule has 1 amide bonds. The molecule has 1 aliphatic rings. The molecule has 1 fully saturated rings. The van der Waals surface area contributed by atoms with Gasteiger partial charge in [0.1, 0.15) is 5.60 Å². The van der Waals surface area contributed by atoms with Crippen molar-refractivity contribution in [3.05, 3.63) is 11.1 Å². The molecule has 1 saturated heterocycles. The molecule has 2 rings (SSSR count). The van der Waals surface area contributed by atoms with Gasteiger partial charge in [-0.05, 0) is 20.3 Å². The second-order valence-electron chi connectivity index (χ2n) is 5.30. The van der Waals surface area contributed by atoms with Gasteiger partial charge in [-0.1, -0.05) is 6.92 Å². The summed E-state index contributed by atoms with van der Waals surface area (Å²) < 4.78 is 0. The summed E-state index contributed by atoms with van der Waals surface area (Å²) in [5, 5.41) is 10.8. The summed E-state index contributed by atoms with van der Waals surface area (Å²) in [4.78, 5) is 21.6. The highest BCUT2D eigenvalue weighted by Gasteiger charge is 2.31. The molecule has 0 unspecified atom stereocenters. The lowest BCUT2D eigenvalue weighted by atomic mass is 10.1. The van der Waals surface area contributed by atoms with E-state index in [1.165, 1.54) is 18.7 Å². The van der Waals surface area contributed by atoms with Gasteiger partial charge in [0.2, 0.25) is 0 Å². The lowest BCUT2D eigenvalue weighted by Crippen LogP contribution is -2.54. The lowest BCUT2D eigenvalue weighted by molar-refractivity contribution is -0.148. The predicted octanol–water partition coefficient (Wildman–Crippen LogP) is 1.12. The standard InChI is InChI=1S/C13H21N3O2S/c1-4-10-9-14-12(19-10)16-7-5-15(6-8-16)11(17)13(2,3)18/h9,18H,4-8H2,1-3H3. The number of piperazine rings is 1. The van der Waals surface area contributed by atoms with E-state index in [0.29, 0.717) is 13.1 Å². The van der Waals surface area contributed by atoms with Crippen LogP contribution in [0.1, 0.15) is 25.6 Å². The summed E-state index contributed by atoms with van der Waals surface area (Å²) in [6, 6.07) is 0. The van der Waals surface area contributed by atoms with Gasteiger partial charge >= 0.3 is 0 Å². The lowest BCUT2D eigenvalue weighted by Gasteiger charge is -2.37. The number of aryl methyl sites for hydroxylation is 1. The van der Waals surface area contributed by atoms with Gasteiger partial charge in [-0.3, -0.25) is 4.79 Å². The highest BCUT2D eigenvalue weighted by atomic mass is 32.1. The van der Waals surface area contributed by atoms with E-state index in [0.717, 1.165) is 24.6 Å². The Hall–Kier alpha value is -1.14. The van der Waals surface area contributed by atoms with Crippen molar-refractivity contribution in [2.75, 3.05) is 31.1 Å². The van der Waals surface area contributed by atoms with Crippen LogP contribution in [0.25, 0.3) is 0 Å². The quantitative estimate of drug-likeness (QED) is 0.903. The van der Waals surface area contributed by atoms with Crippen molar-refractivity contribution < 1.29 is 9.90 Å². The largest absolute Gasteiger partial charge is 0.381 e. The van der Waals surface area contributed by atoms with Crippen LogP contribution in [0, 0.1) is 0 Å². The summed E-state index contributed by atoms with van der Waals surface area (Å²) >= 11 is 1.72. The van der Waals surface area contributed by atoms with E-state index in [4.69, 9.17) is 0 Å². The number of hydrogen-bond donors (Lipinski definition) is 1. The molecule has 0 spiro atoms. The fraction of sp³-hybridized carbons (Fsp3) is 0.692. The van der Waals surface area contributed by atoms with Gasteiger partial charge in [-0.25, -0.2) is 4.98 Å². The maximum atomic E-state index is 12.0. The van der Waals surface area contributed by atoms with Crippen LogP contribution in [0.3, 0.4) is 0 Å². The summed E-state index contributed by atoms with van der Waals surface area (Å²) in [7, 11) is 0. The van der Waals surface area contributed by atoms with E-state index >= 15 is 0 Å². The van der Waals surface area contributed by atoms with Crippen molar-refractivity contribution in [1.82, 2.24) is 9.88 Å². The number of carbonyl (C=O) groups excluding carboxylic acids is 1. The van der Waals surface area contributed by atoms with Gasteiger partial charge in [-0.15, -0.1) is 11.3 Å². The zero-order valence-electron chi connectivity index (χ0n) is 11.7. The minimum absolute atomic E-state index is 0.194. The second kappa shape index (κ2) is 5.46. The monoisotopic (exact) mass is 283 g/mol. The molecule has 0 bridgehead atoms. The van der Waals surface area contributed by atoms with Crippen LogP contribution in [-0.4, -0.2) is 52.7 Å². The first kappa shape index (κ1) is 14.3. The number of rotatable bonds is 3. The molecule has 0 aromatic carbocycles. The van der Waals surface area contributed by atoms with E-state index in [-0.39, 0.29) is 5.91 Å². The molecule has 1 N–H and O–H groups in total. The third kappa shape index (κ3) is 3.25. The SMILES string of the molecule is CCc1cnc(N2CCN(C(=O)C(C)(C)O)CC2)s1. The molecule has 106 valence electrons. The molecule has 0 saturated carbocycles. The molecule has 19 heavy (non-hydrogen) atoms. The molecule has 1 aromatic rings. The van der Waals surface area contributed by atoms with E-state index < -0.39 is 5.60 Å². The molecule has 6 heteroatoms. The van der Waals surface area contributed by atoms with Crippen LogP contribution < -0.4 is 4.90 Å². The maximum Gasteiger partial charge on any atom is 0.254 e. The fourth-order valence-corrected chi connectivity index (χ4v) is 3.00. The summed E-state index contributed by atoms with van der Waals surface area (Å²) in [5.74, 6) is -0.194. The average Bonchev–Trinajstić information content (AvgIpc) is 2.86. The van der Waals surface area contributed by atoms with Gasteiger partial charge in [0, 0.05) is 37.3 Å². The Morgan fingerprint density at radius 2 is 2.05 bits per heavy atom. The first-order valence-electron chi connectivity index (χ1n) is 6.63. The summed E-state index contributed by atoms with van der Waals surface area (Å²) in [5.41, 5.74) is -1.28.